The van der Waals surface area contributed by atoms with Gasteiger partial charge in [0.2, 0.25) is 5.91 Å². The van der Waals surface area contributed by atoms with E-state index < -0.39 is 0 Å². The number of aromatic hydroxyl groups is 1. The average molecular weight is 375 g/mol. The third-order valence-corrected chi connectivity index (χ3v) is 4.89. The summed E-state index contributed by atoms with van der Waals surface area (Å²) >= 11 is 0. The van der Waals surface area contributed by atoms with Crippen molar-refractivity contribution in [1.29, 1.82) is 0 Å². The molecular weight excluding hydrogens is 346 g/mol. The fraction of sp³-hybridized carbons (Fsp3) is 0.524. The SMILES string of the molecule is CON(C)C(=O)CC1CC/C=C/C[C@H](C)OC(=O)c2c(C)cc(O)cc2C1. The highest BCUT2D eigenvalue weighted by Crippen LogP contribution is 2.28. The Balaban J connectivity index is 2.37. The first-order chi connectivity index (χ1) is 12.8. The van der Waals surface area contributed by atoms with Gasteiger partial charge < -0.3 is 9.84 Å². The molecule has 1 aliphatic rings. The van der Waals surface area contributed by atoms with Crippen LogP contribution in [-0.2, 0) is 20.8 Å². The molecule has 1 heterocycles. The van der Waals surface area contributed by atoms with Gasteiger partial charge in [-0.1, -0.05) is 12.2 Å². The van der Waals surface area contributed by atoms with E-state index in [4.69, 9.17) is 9.57 Å². The van der Waals surface area contributed by atoms with Crippen LogP contribution in [0.3, 0.4) is 0 Å². The number of carbonyl (C=O) groups is 2. The lowest BCUT2D eigenvalue weighted by molar-refractivity contribution is -0.169. The molecule has 1 unspecified atom stereocenters. The zero-order valence-electron chi connectivity index (χ0n) is 16.5. The van der Waals surface area contributed by atoms with Crippen LogP contribution in [0, 0.1) is 12.8 Å². The molecule has 6 nitrogen and oxygen atoms in total. The second-order valence-electron chi connectivity index (χ2n) is 7.15. The molecule has 6 heteroatoms. The quantitative estimate of drug-likeness (QED) is 0.497. The lowest BCUT2D eigenvalue weighted by Gasteiger charge is -2.22. The van der Waals surface area contributed by atoms with Gasteiger partial charge in [-0.25, -0.2) is 9.86 Å². The van der Waals surface area contributed by atoms with E-state index >= 15 is 0 Å². The Morgan fingerprint density at radius 1 is 1.37 bits per heavy atom. The fourth-order valence-corrected chi connectivity index (χ4v) is 3.38. The summed E-state index contributed by atoms with van der Waals surface area (Å²) < 4.78 is 5.58. The maximum Gasteiger partial charge on any atom is 0.338 e. The molecule has 1 amide bonds. The number of amides is 1. The third-order valence-electron chi connectivity index (χ3n) is 4.89. The summed E-state index contributed by atoms with van der Waals surface area (Å²) in [5.74, 6) is -0.376. The predicted octanol–water partition coefficient (Wildman–Crippen LogP) is 3.55. The lowest BCUT2D eigenvalue weighted by Crippen LogP contribution is -2.28. The molecule has 1 aromatic carbocycles. The van der Waals surface area contributed by atoms with Crippen LogP contribution in [0.25, 0.3) is 0 Å². The lowest BCUT2D eigenvalue weighted by atomic mass is 9.87. The molecule has 0 radical (unpaired) electrons. The van der Waals surface area contributed by atoms with Gasteiger partial charge in [-0.3, -0.25) is 9.63 Å². The van der Waals surface area contributed by atoms with E-state index in [-0.39, 0.29) is 29.6 Å². The molecule has 0 saturated heterocycles. The molecule has 1 aliphatic heterocycles. The van der Waals surface area contributed by atoms with Gasteiger partial charge in [0.25, 0.3) is 0 Å². The largest absolute Gasteiger partial charge is 0.508 e. The Kier molecular flexibility index (Phi) is 7.42. The van der Waals surface area contributed by atoms with Crippen LogP contribution in [0.2, 0.25) is 0 Å². The summed E-state index contributed by atoms with van der Waals surface area (Å²) in [5.41, 5.74) is 1.88. The summed E-state index contributed by atoms with van der Waals surface area (Å²) in [6, 6.07) is 3.17. The number of allylic oxidation sites excluding steroid dienone is 1. The van der Waals surface area contributed by atoms with Crippen LogP contribution in [0.1, 0.15) is 54.1 Å². The van der Waals surface area contributed by atoms with E-state index in [1.807, 2.05) is 13.0 Å². The van der Waals surface area contributed by atoms with E-state index in [1.165, 1.54) is 12.2 Å². The maximum absolute atomic E-state index is 12.7. The first-order valence-electron chi connectivity index (χ1n) is 9.31. The van der Waals surface area contributed by atoms with Crippen LogP contribution < -0.4 is 0 Å². The van der Waals surface area contributed by atoms with Crippen molar-refractivity contribution in [3.8, 4) is 5.75 Å². The number of esters is 1. The Bertz CT molecular complexity index is 713. The van der Waals surface area contributed by atoms with Crippen LogP contribution in [0.5, 0.6) is 5.75 Å². The number of hydrogen-bond donors (Lipinski definition) is 1. The molecule has 0 aliphatic carbocycles. The Morgan fingerprint density at radius 2 is 2.11 bits per heavy atom. The highest BCUT2D eigenvalue weighted by Gasteiger charge is 2.24. The monoisotopic (exact) mass is 375 g/mol. The molecule has 2 rings (SSSR count). The molecule has 0 spiro atoms. The van der Waals surface area contributed by atoms with Gasteiger partial charge in [0.1, 0.15) is 11.9 Å². The molecule has 2 atom stereocenters. The van der Waals surface area contributed by atoms with Gasteiger partial charge in [-0.05, 0) is 62.3 Å². The van der Waals surface area contributed by atoms with E-state index in [9.17, 15) is 14.7 Å². The van der Waals surface area contributed by atoms with E-state index in [0.717, 1.165) is 12.8 Å². The third kappa shape index (κ3) is 5.82. The van der Waals surface area contributed by atoms with Crippen molar-refractivity contribution in [3.63, 3.8) is 0 Å². The number of fused-ring (bicyclic) bond motifs is 1. The van der Waals surface area contributed by atoms with E-state index in [1.54, 1.807) is 26.1 Å². The zero-order chi connectivity index (χ0) is 20.0. The van der Waals surface area contributed by atoms with Gasteiger partial charge >= 0.3 is 5.97 Å². The number of hydroxylamine groups is 2. The second-order valence-corrected chi connectivity index (χ2v) is 7.15. The number of nitrogens with zero attached hydrogens (tertiary/aromatic N) is 1. The number of rotatable bonds is 3. The molecular formula is C21H29NO5. The van der Waals surface area contributed by atoms with Crippen molar-refractivity contribution in [2.75, 3.05) is 14.2 Å². The van der Waals surface area contributed by atoms with Crippen LogP contribution in [0.15, 0.2) is 24.3 Å². The number of ether oxygens (including phenoxy) is 1. The van der Waals surface area contributed by atoms with Crippen molar-refractivity contribution in [2.24, 2.45) is 5.92 Å². The van der Waals surface area contributed by atoms with Gasteiger partial charge in [-0.15, -0.1) is 0 Å². The summed E-state index contributed by atoms with van der Waals surface area (Å²) in [6.07, 6.45) is 6.96. The van der Waals surface area contributed by atoms with Crippen molar-refractivity contribution in [2.45, 2.75) is 52.1 Å². The minimum atomic E-state index is -0.386. The van der Waals surface area contributed by atoms with Crippen LogP contribution in [0.4, 0.5) is 0 Å². The molecule has 0 bridgehead atoms. The number of phenolic OH excluding ortho intramolecular Hbond substituents is 1. The first kappa shape index (κ1) is 21.0. The summed E-state index contributed by atoms with van der Waals surface area (Å²) in [7, 11) is 3.04. The number of hydrogen-bond acceptors (Lipinski definition) is 5. The molecule has 27 heavy (non-hydrogen) atoms. The minimum Gasteiger partial charge on any atom is -0.508 e. The smallest absolute Gasteiger partial charge is 0.338 e. The van der Waals surface area contributed by atoms with Crippen LogP contribution in [-0.4, -0.2) is 42.3 Å². The highest BCUT2D eigenvalue weighted by molar-refractivity contribution is 5.93. The topological polar surface area (TPSA) is 76.1 Å². The standard InChI is InChI=1S/C21H29NO5/c1-14-10-18(23)13-17-11-16(12-19(24)22(3)26-4)9-7-5-6-8-15(2)27-21(25)20(14)17/h5-6,10,13,15-16,23H,7-9,11-12H2,1-4H3/b6-5+/t15-,16?/m0/s1. The average Bonchev–Trinajstić information content (AvgIpc) is 2.58. The van der Waals surface area contributed by atoms with Crippen molar-refractivity contribution < 1.29 is 24.3 Å². The Hall–Kier alpha value is -2.34. The highest BCUT2D eigenvalue weighted by atomic mass is 16.7. The number of benzene rings is 1. The van der Waals surface area contributed by atoms with E-state index in [2.05, 4.69) is 6.08 Å². The van der Waals surface area contributed by atoms with Crippen LogP contribution >= 0.6 is 0 Å². The molecule has 1 N–H and O–H groups in total. The Labute approximate surface area is 160 Å². The van der Waals surface area contributed by atoms with Gasteiger partial charge in [0.15, 0.2) is 0 Å². The Morgan fingerprint density at radius 3 is 2.81 bits per heavy atom. The van der Waals surface area contributed by atoms with Crippen molar-refractivity contribution >= 4 is 11.9 Å². The molecule has 0 aromatic heterocycles. The normalized spacial score (nSPS) is 22.0. The first-order valence-corrected chi connectivity index (χ1v) is 9.31. The molecule has 148 valence electrons. The summed E-state index contributed by atoms with van der Waals surface area (Å²) in [6.45, 7) is 3.65. The summed E-state index contributed by atoms with van der Waals surface area (Å²) in [5, 5.41) is 11.3. The van der Waals surface area contributed by atoms with Crippen molar-refractivity contribution in [3.05, 3.63) is 41.0 Å². The maximum atomic E-state index is 12.7. The molecule has 1 aromatic rings. The second kappa shape index (κ2) is 9.55. The van der Waals surface area contributed by atoms with Crippen molar-refractivity contribution in [1.82, 2.24) is 5.06 Å². The molecule has 0 saturated carbocycles. The predicted molar refractivity (Wildman–Crippen MR) is 102 cm³/mol. The molecule has 0 fully saturated rings. The number of cyclic esters (lactones) is 1. The number of phenols is 1. The van der Waals surface area contributed by atoms with Gasteiger partial charge in [0.05, 0.1) is 12.7 Å². The van der Waals surface area contributed by atoms with E-state index in [0.29, 0.717) is 36.0 Å². The summed E-state index contributed by atoms with van der Waals surface area (Å²) in [4.78, 5) is 30.0. The number of aryl methyl sites for hydroxylation is 1. The zero-order valence-corrected chi connectivity index (χ0v) is 16.5. The van der Waals surface area contributed by atoms with Gasteiger partial charge in [0, 0.05) is 19.9 Å². The fourth-order valence-electron chi connectivity index (χ4n) is 3.38. The van der Waals surface area contributed by atoms with Gasteiger partial charge in [-0.2, -0.15) is 0 Å². The number of carbonyl (C=O) groups excluding carboxylic acids is 2. The minimum absolute atomic E-state index is 0.0179.